The number of imide groups is 1. The number of Topliss-reactive ketones (excluding diaryl/α,β-unsaturated/α-hetero) is 1. The molecule has 3 amide bonds. The van der Waals surface area contributed by atoms with Crippen LogP contribution < -0.4 is 21.1 Å². The van der Waals surface area contributed by atoms with Crippen LogP contribution in [0.25, 0.3) is 22.3 Å². The normalized spacial score (nSPS) is 25.1. The lowest BCUT2D eigenvalue weighted by atomic mass is 9.73. The molecule has 2 aromatic carbocycles. The number of fused-ring (bicyclic) bond motifs is 2. The maximum Gasteiger partial charge on any atom is 0.257 e. The maximum atomic E-state index is 16.1. The molecule has 75 heavy (non-hydrogen) atoms. The van der Waals surface area contributed by atoms with Crippen LogP contribution in [0.4, 0.5) is 20.2 Å². The van der Waals surface area contributed by atoms with Crippen molar-refractivity contribution < 1.29 is 28.0 Å². The van der Waals surface area contributed by atoms with Crippen LogP contribution in [0.1, 0.15) is 142 Å². The van der Waals surface area contributed by atoms with Gasteiger partial charge in [0.15, 0.2) is 11.6 Å². The second kappa shape index (κ2) is 21.8. The first-order valence-electron chi connectivity index (χ1n) is 27.6. The van der Waals surface area contributed by atoms with Gasteiger partial charge in [0.25, 0.3) is 5.56 Å². The summed E-state index contributed by atoms with van der Waals surface area (Å²) in [4.78, 5) is 73.4. The van der Waals surface area contributed by atoms with Gasteiger partial charge in [0.2, 0.25) is 17.7 Å². The third-order valence-electron chi connectivity index (χ3n) is 18.3. The first kappa shape index (κ1) is 52.2. The Morgan fingerprint density at radius 1 is 0.880 bits per heavy atom. The number of amides is 3. The highest BCUT2D eigenvalue weighted by atomic mass is 19.1. The minimum Gasteiger partial charge on any atom is -0.386 e. The number of halogens is 2. The molecule has 3 aliphatic heterocycles. The summed E-state index contributed by atoms with van der Waals surface area (Å²) in [6, 6.07) is 14.9. The number of rotatable bonds is 13. The third-order valence-corrected chi connectivity index (χ3v) is 18.3. The number of hydrogen-bond donors (Lipinski definition) is 2. The van der Waals surface area contributed by atoms with Crippen LogP contribution in [0.3, 0.4) is 0 Å². The zero-order valence-corrected chi connectivity index (χ0v) is 44.5. The van der Waals surface area contributed by atoms with Gasteiger partial charge in [-0.3, -0.25) is 38.8 Å². The van der Waals surface area contributed by atoms with Gasteiger partial charge < -0.3 is 14.8 Å². The predicted octanol–water partition coefficient (Wildman–Crippen LogP) is 10.8. The Labute approximate surface area is 439 Å². The quantitative estimate of drug-likeness (QED) is 0.0675. The summed E-state index contributed by atoms with van der Waals surface area (Å²) in [5.74, 6) is 0.484. The molecule has 1 saturated heterocycles. The van der Waals surface area contributed by atoms with Crippen molar-refractivity contribution in [2.75, 3.05) is 37.4 Å². The van der Waals surface area contributed by atoms with Crippen LogP contribution in [0.5, 0.6) is 0 Å². The number of carbonyl (C=O) groups excluding carboxylic acids is 4. The van der Waals surface area contributed by atoms with Gasteiger partial charge in [0.1, 0.15) is 11.5 Å². The van der Waals surface area contributed by atoms with Crippen LogP contribution >= 0.6 is 0 Å². The number of nitrogens with one attached hydrogen (secondary N) is 2. The van der Waals surface area contributed by atoms with Crippen LogP contribution in [-0.2, 0) is 34.3 Å². The first-order chi connectivity index (χ1) is 36.0. The summed E-state index contributed by atoms with van der Waals surface area (Å²) in [7, 11) is 5.33. The predicted molar refractivity (Wildman–Crippen MR) is 290 cm³/mol. The summed E-state index contributed by atoms with van der Waals surface area (Å²) in [5, 5.41) is 5.89. The third kappa shape index (κ3) is 10.7. The van der Waals surface area contributed by atoms with E-state index in [4.69, 9.17) is 0 Å². The number of nitrogens with zero attached hydrogens (tertiary/aromatic N) is 5. The van der Waals surface area contributed by atoms with E-state index in [0.717, 1.165) is 65.6 Å². The number of aryl methyl sites for hydroxylation is 2. The molecule has 5 aliphatic rings. The Morgan fingerprint density at radius 2 is 1.67 bits per heavy atom. The van der Waals surface area contributed by atoms with Gasteiger partial charge in [0, 0.05) is 93.3 Å². The van der Waals surface area contributed by atoms with E-state index < -0.39 is 17.7 Å². The smallest absolute Gasteiger partial charge is 0.257 e. The average Bonchev–Trinajstić information content (AvgIpc) is 3.64. The van der Waals surface area contributed by atoms with Crippen molar-refractivity contribution in [3.63, 3.8) is 0 Å². The number of piperidine rings is 1. The summed E-state index contributed by atoms with van der Waals surface area (Å²) in [6.07, 6.45) is 18.7. The fourth-order valence-electron chi connectivity index (χ4n) is 13.9. The van der Waals surface area contributed by atoms with Gasteiger partial charge in [0.05, 0.1) is 29.4 Å². The van der Waals surface area contributed by atoms with Crippen molar-refractivity contribution in [1.29, 1.82) is 0 Å². The maximum absolute atomic E-state index is 16.1. The molecular formula is C61H73F2N7O5. The summed E-state index contributed by atoms with van der Waals surface area (Å²) in [5.41, 5.74) is 8.07. The first-order valence-corrected chi connectivity index (χ1v) is 27.6. The Balaban J connectivity index is 0.699. The average molecular weight is 1020 g/mol. The minimum atomic E-state index is -0.529. The molecule has 0 spiro atoms. The number of pyridine rings is 2. The zero-order chi connectivity index (χ0) is 52.8. The molecule has 14 heteroatoms. The summed E-state index contributed by atoms with van der Waals surface area (Å²) in [6.45, 7) is 7.79. The molecule has 3 aromatic heterocycles. The molecule has 0 bridgehead atoms. The molecule has 396 valence electrons. The number of hydrogen-bond acceptors (Lipinski definition) is 8. The van der Waals surface area contributed by atoms with Crippen molar-refractivity contribution in [3.05, 3.63) is 123 Å². The van der Waals surface area contributed by atoms with E-state index >= 15 is 4.39 Å². The molecule has 5 aromatic rings. The fourth-order valence-corrected chi connectivity index (χ4v) is 13.9. The lowest BCUT2D eigenvalue weighted by Crippen LogP contribution is -2.50. The van der Waals surface area contributed by atoms with Gasteiger partial charge in [-0.05, 0) is 147 Å². The second-order valence-electron chi connectivity index (χ2n) is 22.9. The number of ketones is 1. The van der Waals surface area contributed by atoms with Crippen LogP contribution in [0.2, 0.25) is 0 Å². The Bertz CT molecular complexity index is 3110. The topological polar surface area (TPSA) is 139 Å². The molecule has 0 radical (unpaired) electrons. The van der Waals surface area contributed by atoms with E-state index in [1.54, 1.807) is 24.2 Å². The van der Waals surface area contributed by atoms with E-state index in [9.17, 15) is 28.4 Å². The number of carbonyl (C=O) groups is 4. The van der Waals surface area contributed by atoms with E-state index in [2.05, 4.69) is 58.6 Å². The number of aromatic nitrogens is 3. The molecule has 2 N–H and O–H groups in total. The standard InChI is InChI=1S/C61H73F2N7O5/c1-35-24-40(26-41-14-15-44-30-47(61(75)68(6)54(44)28-41)46-16-17-56(72)66-60(46)74)8-7-9-43(35)27-38-10-12-39(13-11-38)29-55(71)45-25-36(2)58(49(62)31-45)42-19-22-69(23-20-42)37(3)53-32-48-52(18-21-65-59(48)67(53)5)70-34-50(63)51(64-4)33-57(70)73/h14-15,18-19,21,25,28,31-35,37-40,43,46-47,64H,7-13,16-17,20,22-24,26-27,29-30H2,1-6H3,(H,66,72,74)/t35-,37?,38?,39?,40?,43-,46?,47?/m0/s1. The lowest BCUT2D eigenvalue weighted by Gasteiger charge is -2.36. The van der Waals surface area contributed by atoms with Gasteiger partial charge in [-0.2, -0.15) is 0 Å². The molecular weight excluding hydrogens is 949 g/mol. The number of benzene rings is 2. The molecule has 2 saturated carbocycles. The van der Waals surface area contributed by atoms with Gasteiger partial charge >= 0.3 is 0 Å². The van der Waals surface area contributed by atoms with Crippen molar-refractivity contribution in [2.24, 2.45) is 48.5 Å². The highest BCUT2D eigenvalue weighted by Gasteiger charge is 2.42. The second-order valence-corrected chi connectivity index (χ2v) is 22.9. The molecule has 12 nitrogen and oxygen atoms in total. The largest absolute Gasteiger partial charge is 0.386 e. The number of anilines is 2. The van der Waals surface area contributed by atoms with Crippen LogP contribution in [0, 0.1) is 60.0 Å². The molecule has 2 aliphatic carbocycles. The Morgan fingerprint density at radius 3 is 2.40 bits per heavy atom. The van der Waals surface area contributed by atoms with Crippen LogP contribution in [0.15, 0.2) is 71.8 Å². The van der Waals surface area contributed by atoms with Gasteiger partial charge in [-0.15, -0.1) is 0 Å². The molecule has 6 atom stereocenters. The van der Waals surface area contributed by atoms with Crippen molar-refractivity contribution >= 4 is 51.5 Å². The van der Waals surface area contributed by atoms with Gasteiger partial charge in [-0.25, -0.2) is 13.8 Å². The van der Waals surface area contributed by atoms with Gasteiger partial charge in [-0.1, -0.05) is 57.2 Å². The van der Waals surface area contributed by atoms with Crippen molar-refractivity contribution in [3.8, 4) is 5.69 Å². The highest BCUT2D eigenvalue weighted by molar-refractivity contribution is 6.04. The van der Waals surface area contributed by atoms with Crippen LogP contribution in [-0.4, -0.2) is 69.7 Å². The monoisotopic (exact) mass is 1020 g/mol. The van der Waals surface area contributed by atoms with E-state index in [-0.39, 0.29) is 53.0 Å². The van der Waals surface area contributed by atoms with Crippen molar-refractivity contribution in [1.82, 2.24) is 24.3 Å². The van der Waals surface area contributed by atoms with E-state index in [1.165, 1.54) is 60.6 Å². The SMILES string of the molecule is CNc1cc(=O)n(-c2ccnc3c2cc(C(C)N2CC=C(c4c(C)cc(C(=O)CC5CCC(C[C@@H]6CCCC(Cc7ccc8c(c7)N(C)C(=O)C(C7CCC(=O)NC7=O)C8)C[C@@H]6C)CC5)cc4F)CC2)n3C)cc1F. The highest BCUT2D eigenvalue weighted by Crippen LogP contribution is 2.43. The fraction of sp³-hybridized carbons (Fsp3) is 0.508. The summed E-state index contributed by atoms with van der Waals surface area (Å²) >= 11 is 0. The zero-order valence-electron chi connectivity index (χ0n) is 44.5. The molecule has 3 fully saturated rings. The van der Waals surface area contributed by atoms with E-state index in [1.807, 2.05) is 37.7 Å². The van der Waals surface area contributed by atoms with E-state index in [0.29, 0.717) is 90.8 Å². The molecule has 10 rings (SSSR count). The molecule has 6 heterocycles. The summed E-state index contributed by atoms with van der Waals surface area (Å²) < 4.78 is 34.3. The lowest BCUT2D eigenvalue weighted by molar-refractivity contribution is -0.141. The van der Waals surface area contributed by atoms with Crippen molar-refractivity contribution in [2.45, 2.75) is 123 Å². The minimum absolute atomic E-state index is 0.0271. The molecule has 4 unspecified atom stereocenters. The Hall–Kier alpha value is -6.28. The Kier molecular flexibility index (Phi) is 15.1.